The fourth-order valence-electron chi connectivity index (χ4n) is 2.26. The maximum atomic E-state index is 11.9. The van der Waals surface area contributed by atoms with Gasteiger partial charge in [-0.2, -0.15) is 0 Å². The second-order valence-corrected chi connectivity index (χ2v) is 4.95. The van der Waals surface area contributed by atoms with Crippen molar-refractivity contribution in [1.82, 2.24) is 15.3 Å². The van der Waals surface area contributed by atoms with Gasteiger partial charge in [0.1, 0.15) is 5.69 Å². The Hall–Kier alpha value is -2.01. The number of aliphatic hydroxyl groups is 1. The molecule has 19 heavy (non-hydrogen) atoms. The largest absolute Gasteiger partial charge is 0.393 e. The van der Waals surface area contributed by atoms with Gasteiger partial charge in [0.15, 0.2) is 0 Å². The lowest BCUT2D eigenvalue weighted by atomic mass is 9.82. The van der Waals surface area contributed by atoms with Gasteiger partial charge in [0.2, 0.25) is 0 Å². The summed E-state index contributed by atoms with van der Waals surface area (Å²) in [6.45, 7) is 0.588. The van der Waals surface area contributed by atoms with Gasteiger partial charge in [-0.05, 0) is 30.9 Å². The van der Waals surface area contributed by atoms with E-state index in [4.69, 9.17) is 0 Å². The van der Waals surface area contributed by atoms with E-state index in [1.54, 1.807) is 0 Å². The third-order valence-corrected chi connectivity index (χ3v) is 3.44. The Morgan fingerprint density at radius 1 is 1.32 bits per heavy atom. The lowest BCUT2D eigenvalue weighted by Crippen LogP contribution is -2.38. The number of nitrogens with zero attached hydrogens (tertiary/aromatic N) is 2. The lowest BCUT2D eigenvalue weighted by molar-refractivity contribution is 0.0419. The Labute approximate surface area is 110 Å². The molecule has 1 fully saturated rings. The molecular weight excluding hydrogens is 242 g/mol. The van der Waals surface area contributed by atoms with Gasteiger partial charge in [-0.1, -0.05) is 12.1 Å². The first kappa shape index (κ1) is 12.0. The lowest BCUT2D eigenvalue weighted by Gasteiger charge is -2.31. The van der Waals surface area contributed by atoms with E-state index in [-0.39, 0.29) is 12.0 Å². The van der Waals surface area contributed by atoms with Crippen molar-refractivity contribution >= 4 is 16.9 Å². The summed E-state index contributed by atoms with van der Waals surface area (Å²) < 4.78 is 0. The SMILES string of the molecule is O=C(NCC1CC(O)C1)c1cnc2ccccc2n1. The number of carbonyl (C=O) groups is 1. The van der Waals surface area contributed by atoms with Gasteiger partial charge in [0.25, 0.3) is 5.91 Å². The third kappa shape index (κ3) is 2.56. The van der Waals surface area contributed by atoms with Gasteiger partial charge in [-0.25, -0.2) is 4.98 Å². The fraction of sp³-hybridized carbons (Fsp3) is 0.357. The number of para-hydroxylation sites is 2. The van der Waals surface area contributed by atoms with Crippen LogP contribution < -0.4 is 5.32 Å². The van der Waals surface area contributed by atoms with Crippen LogP contribution in [0.25, 0.3) is 11.0 Å². The second kappa shape index (κ2) is 4.93. The highest BCUT2D eigenvalue weighted by Gasteiger charge is 2.27. The van der Waals surface area contributed by atoms with Gasteiger partial charge in [-0.15, -0.1) is 0 Å². The molecule has 0 spiro atoms. The highest BCUT2D eigenvalue weighted by Crippen LogP contribution is 2.26. The van der Waals surface area contributed by atoms with Gasteiger partial charge >= 0.3 is 0 Å². The minimum Gasteiger partial charge on any atom is -0.393 e. The summed E-state index contributed by atoms with van der Waals surface area (Å²) in [7, 11) is 0. The molecule has 3 rings (SSSR count). The van der Waals surface area contributed by atoms with Crippen LogP contribution in [-0.4, -0.2) is 33.6 Å². The normalized spacial score (nSPS) is 21.9. The summed E-state index contributed by atoms with van der Waals surface area (Å²) in [5.74, 6) is 0.173. The van der Waals surface area contributed by atoms with Crippen LogP contribution in [0.15, 0.2) is 30.5 Å². The molecule has 2 aromatic rings. The average molecular weight is 257 g/mol. The Bertz CT molecular complexity index is 608. The van der Waals surface area contributed by atoms with E-state index in [1.165, 1.54) is 6.20 Å². The highest BCUT2D eigenvalue weighted by molar-refractivity contribution is 5.93. The maximum Gasteiger partial charge on any atom is 0.271 e. The highest BCUT2D eigenvalue weighted by atomic mass is 16.3. The van der Waals surface area contributed by atoms with Crippen LogP contribution in [0, 0.1) is 5.92 Å². The van der Waals surface area contributed by atoms with E-state index >= 15 is 0 Å². The second-order valence-electron chi connectivity index (χ2n) is 4.95. The molecule has 5 heteroatoms. The summed E-state index contributed by atoms with van der Waals surface area (Å²) in [6, 6.07) is 7.45. The van der Waals surface area contributed by atoms with Gasteiger partial charge < -0.3 is 10.4 Å². The molecule has 0 atom stereocenters. The first-order valence-electron chi connectivity index (χ1n) is 6.40. The molecule has 1 heterocycles. The molecule has 0 aliphatic heterocycles. The average Bonchev–Trinajstić information content (AvgIpc) is 2.41. The standard InChI is InChI=1S/C14H15N3O2/c18-10-5-9(6-10)7-16-14(19)13-8-15-11-3-1-2-4-12(11)17-13/h1-4,8-10,18H,5-7H2,(H,16,19). The predicted octanol–water partition coefficient (Wildman–Crippen LogP) is 1.13. The van der Waals surface area contributed by atoms with Crippen molar-refractivity contribution in [3.05, 3.63) is 36.2 Å². The van der Waals surface area contributed by atoms with Crippen LogP contribution >= 0.6 is 0 Å². The summed E-state index contributed by atoms with van der Waals surface area (Å²) in [5, 5.41) is 12.0. The molecule has 1 amide bonds. The minimum atomic E-state index is -0.209. The number of hydrogen-bond donors (Lipinski definition) is 2. The summed E-state index contributed by atoms with van der Waals surface area (Å²) in [4.78, 5) is 20.4. The van der Waals surface area contributed by atoms with E-state index in [0.717, 1.165) is 18.4 Å². The van der Waals surface area contributed by atoms with E-state index in [2.05, 4.69) is 15.3 Å². The van der Waals surface area contributed by atoms with Crippen molar-refractivity contribution in [1.29, 1.82) is 0 Å². The monoisotopic (exact) mass is 257 g/mol. The van der Waals surface area contributed by atoms with Crippen LogP contribution in [0.5, 0.6) is 0 Å². The fourth-order valence-corrected chi connectivity index (χ4v) is 2.26. The molecular formula is C14H15N3O2. The summed E-state index contributed by atoms with van der Waals surface area (Å²) >= 11 is 0. The van der Waals surface area contributed by atoms with E-state index in [1.807, 2.05) is 24.3 Å². The smallest absolute Gasteiger partial charge is 0.271 e. The van der Waals surface area contributed by atoms with Crippen molar-refractivity contribution in [2.45, 2.75) is 18.9 Å². The van der Waals surface area contributed by atoms with Crippen LogP contribution in [0.2, 0.25) is 0 Å². The van der Waals surface area contributed by atoms with E-state index in [0.29, 0.717) is 23.7 Å². The number of carbonyl (C=O) groups excluding carboxylic acids is 1. The predicted molar refractivity (Wildman–Crippen MR) is 70.6 cm³/mol. The molecule has 1 saturated carbocycles. The van der Waals surface area contributed by atoms with E-state index in [9.17, 15) is 9.90 Å². The maximum absolute atomic E-state index is 11.9. The molecule has 98 valence electrons. The Kier molecular flexibility index (Phi) is 3.13. The van der Waals surface area contributed by atoms with Crippen LogP contribution in [0.1, 0.15) is 23.3 Å². The molecule has 0 unspecified atom stereocenters. The number of aliphatic hydroxyl groups excluding tert-OH is 1. The molecule has 5 nitrogen and oxygen atoms in total. The topological polar surface area (TPSA) is 75.1 Å². The number of nitrogens with one attached hydrogen (secondary N) is 1. The van der Waals surface area contributed by atoms with Crippen molar-refractivity contribution in [2.75, 3.05) is 6.54 Å². The van der Waals surface area contributed by atoms with Crippen molar-refractivity contribution in [3.8, 4) is 0 Å². The number of aromatic nitrogens is 2. The quantitative estimate of drug-likeness (QED) is 0.864. The Balaban J connectivity index is 1.67. The molecule has 1 aromatic heterocycles. The number of amides is 1. The third-order valence-electron chi connectivity index (χ3n) is 3.44. The molecule has 2 N–H and O–H groups in total. The Morgan fingerprint density at radius 3 is 2.79 bits per heavy atom. The molecule has 0 bridgehead atoms. The number of fused-ring (bicyclic) bond motifs is 1. The van der Waals surface area contributed by atoms with Crippen molar-refractivity contribution in [2.24, 2.45) is 5.92 Å². The van der Waals surface area contributed by atoms with Crippen molar-refractivity contribution in [3.63, 3.8) is 0 Å². The molecule has 0 saturated heterocycles. The van der Waals surface area contributed by atoms with Gasteiger partial charge in [0.05, 0.1) is 23.3 Å². The first-order valence-corrected chi connectivity index (χ1v) is 6.40. The molecule has 1 aliphatic rings. The number of rotatable bonds is 3. The number of benzene rings is 1. The number of hydrogen-bond acceptors (Lipinski definition) is 4. The zero-order valence-electron chi connectivity index (χ0n) is 10.4. The van der Waals surface area contributed by atoms with Crippen LogP contribution in [-0.2, 0) is 0 Å². The molecule has 1 aliphatic carbocycles. The zero-order chi connectivity index (χ0) is 13.2. The van der Waals surface area contributed by atoms with Gasteiger partial charge in [0, 0.05) is 6.54 Å². The van der Waals surface area contributed by atoms with Gasteiger partial charge in [-0.3, -0.25) is 9.78 Å². The Morgan fingerprint density at radius 2 is 2.05 bits per heavy atom. The first-order chi connectivity index (χ1) is 9.22. The summed E-state index contributed by atoms with van der Waals surface area (Å²) in [6.07, 6.45) is 2.84. The zero-order valence-corrected chi connectivity index (χ0v) is 10.4. The van der Waals surface area contributed by atoms with Crippen molar-refractivity contribution < 1.29 is 9.90 Å². The molecule has 1 aromatic carbocycles. The van der Waals surface area contributed by atoms with Crippen LogP contribution in [0.3, 0.4) is 0 Å². The van der Waals surface area contributed by atoms with E-state index < -0.39 is 0 Å². The van der Waals surface area contributed by atoms with Crippen LogP contribution in [0.4, 0.5) is 0 Å². The minimum absolute atomic E-state index is 0.192. The summed E-state index contributed by atoms with van der Waals surface area (Å²) in [5.41, 5.74) is 1.83. The molecule has 0 radical (unpaired) electrons.